The van der Waals surface area contributed by atoms with Gasteiger partial charge in [-0.1, -0.05) is 61.0 Å². The molecule has 1 fully saturated rings. The molecule has 0 radical (unpaired) electrons. The van der Waals surface area contributed by atoms with Crippen molar-refractivity contribution >= 4 is 23.5 Å². The number of halogens is 1. The fourth-order valence-electron chi connectivity index (χ4n) is 3.33. The van der Waals surface area contributed by atoms with E-state index in [1.54, 1.807) is 24.3 Å². The predicted octanol–water partition coefficient (Wildman–Crippen LogP) is 3.75. The van der Waals surface area contributed by atoms with Crippen LogP contribution in [0.4, 0.5) is 4.79 Å². The summed E-state index contributed by atoms with van der Waals surface area (Å²) in [5.74, 6) is 0.0412. The maximum absolute atomic E-state index is 13.1. The summed E-state index contributed by atoms with van der Waals surface area (Å²) in [4.78, 5) is 26.8. The first-order valence-corrected chi connectivity index (χ1v) is 9.20. The van der Waals surface area contributed by atoms with Gasteiger partial charge in [0.2, 0.25) is 11.8 Å². The minimum Gasteiger partial charge on any atom is -0.419 e. The highest BCUT2D eigenvalue weighted by molar-refractivity contribution is 6.33. The molecule has 28 heavy (non-hydrogen) atoms. The Morgan fingerprint density at radius 1 is 1.07 bits per heavy atom. The fraction of sp³-hybridized carbons (Fsp3) is 0.200. The number of amides is 3. The third-order valence-electron chi connectivity index (χ3n) is 4.84. The lowest BCUT2D eigenvalue weighted by Gasteiger charge is -2.25. The zero-order valence-corrected chi connectivity index (χ0v) is 15.8. The molecule has 2 aromatic carbocycles. The Labute approximate surface area is 166 Å². The van der Waals surface area contributed by atoms with Gasteiger partial charge in [-0.25, -0.2) is 4.79 Å². The van der Waals surface area contributed by atoms with Gasteiger partial charge in [0.05, 0.1) is 10.6 Å². The van der Waals surface area contributed by atoms with E-state index in [9.17, 15) is 9.59 Å². The summed E-state index contributed by atoms with van der Waals surface area (Å²) < 4.78 is 5.64. The van der Waals surface area contributed by atoms with E-state index in [4.69, 9.17) is 16.0 Å². The molecule has 0 spiro atoms. The lowest BCUT2D eigenvalue weighted by atomic mass is 9.87. The van der Waals surface area contributed by atoms with Crippen LogP contribution >= 0.6 is 11.6 Å². The van der Waals surface area contributed by atoms with E-state index in [0.29, 0.717) is 17.0 Å². The summed E-state index contributed by atoms with van der Waals surface area (Å²) in [5, 5.41) is 11.2. The average Bonchev–Trinajstić information content (AvgIpc) is 3.28. The van der Waals surface area contributed by atoms with Gasteiger partial charge in [0, 0.05) is 0 Å². The predicted molar refractivity (Wildman–Crippen MR) is 102 cm³/mol. The van der Waals surface area contributed by atoms with Crippen LogP contribution in [0.2, 0.25) is 5.02 Å². The Morgan fingerprint density at radius 2 is 1.79 bits per heavy atom. The molecule has 0 saturated carbocycles. The van der Waals surface area contributed by atoms with Gasteiger partial charge in [-0.2, -0.15) is 0 Å². The number of carbonyl (C=O) groups excluding carboxylic acids is 2. The van der Waals surface area contributed by atoms with E-state index >= 15 is 0 Å². The number of nitrogens with one attached hydrogen (secondary N) is 1. The molecule has 3 amide bonds. The molecule has 1 N–H and O–H groups in total. The lowest BCUT2D eigenvalue weighted by Crippen LogP contribution is -2.43. The zero-order chi connectivity index (χ0) is 19.7. The summed E-state index contributed by atoms with van der Waals surface area (Å²) in [6, 6.07) is 15.8. The van der Waals surface area contributed by atoms with Crippen LogP contribution in [-0.2, 0) is 16.9 Å². The summed E-state index contributed by atoms with van der Waals surface area (Å²) in [7, 11) is 0. The van der Waals surface area contributed by atoms with Gasteiger partial charge >= 0.3 is 6.03 Å². The highest BCUT2D eigenvalue weighted by atomic mass is 35.5. The Kier molecular flexibility index (Phi) is 4.60. The quantitative estimate of drug-likeness (QED) is 0.663. The number of hydrogen-bond donors (Lipinski definition) is 1. The van der Waals surface area contributed by atoms with Crippen molar-refractivity contribution in [3.63, 3.8) is 0 Å². The average molecular weight is 397 g/mol. The molecule has 1 aliphatic rings. The molecule has 2 heterocycles. The summed E-state index contributed by atoms with van der Waals surface area (Å²) in [5.41, 5.74) is 0.233. The third kappa shape index (κ3) is 2.93. The number of rotatable bonds is 5. The molecular formula is C20H17ClN4O3. The van der Waals surface area contributed by atoms with Crippen molar-refractivity contribution in [2.45, 2.75) is 25.4 Å². The van der Waals surface area contributed by atoms with Gasteiger partial charge in [-0.15, -0.1) is 10.2 Å². The van der Waals surface area contributed by atoms with Crippen molar-refractivity contribution < 1.29 is 14.0 Å². The SMILES string of the molecule is CCC1(c2ccccc2)NC(=O)N(Cc2nnc(-c3ccccc3Cl)o2)C1=O. The first-order chi connectivity index (χ1) is 13.5. The normalized spacial score (nSPS) is 19.1. The molecular weight excluding hydrogens is 380 g/mol. The van der Waals surface area contributed by atoms with E-state index in [-0.39, 0.29) is 24.2 Å². The second kappa shape index (κ2) is 7.09. The number of imide groups is 1. The van der Waals surface area contributed by atoms with Gasteiger partial charge in [-0.3, -0.25) is 9.69 Å². The van der Waals surface area contributed by atoms with Gasteiger partial charge in [0.25, 0.3) is 5.91 Å². The fourth-order valence-corrected chi connectivity index (χ4v) is 3.54. The number of aromatic nitrogens is 2. The van der Waals surface area contributed by atoms with Crippen LogP contribution in [0.5, 0.6) is 0 Å². The van der Waals surface area contributed by atoms with Crippen LogP contribution in [0.1, 0.15) is 24.8 Å². The molecule has 0 aliphatic carbocycles. The molecule has 0 bridgehead atoms. The smallest absolute Gasteiger partial charge is 0.325 e. The molecule has 1 atom stereocenters. The molecule has 1 aliphatic heterocycles. The second-order valence-corrected chi connectivity index (χ2v) is 6.83. The number of benzene rings is 2. The molecule has 1 saturated heterocycles. The highest BCUT2D eigenvalue weighted by Gasteiger charge is 2.51. The summed E-state index contributed by atoms with van der Waals surface area (Å²) >= 11 is 6.15. The van der Waals surface area contributed by atoms with Gasteiger partial charge < -0.3 is 9.73 Å². The van der Waals surface area contributed by atoms with E-state index in [1.807, 2.05) is 37.3 Å². The Morgan fingerprint density at radius 3 is 2.50 bits per heavy atom. The van der Waals surface area contributed by atoms with E-state index < -0.39 is 11.6 Å². The minimum atomic E-state index is -1.09. The van der Waals surface area contributed by atoms with E-state index in [0.717, 1.165) is 10.5 Å². The minimum absolute atomic E-state index is 0.114. The number of urea groups is 1. The summed E-state index contributed by atoms with van der Waals surface area (Å²) in [6.07, 6.45) is 0.423. The number of hydrogen-bond acceptors (Lipinski definition) is 5. The van der Waals surface area contributed by atoms with Crippen molar-refractivity contribution in [3.8, 4) is 11.5 Å². The van der Waals surface area contributed by atoms with Crippen LogP contribution in [0.15, 0.2) is 59.0 Å². The molecule has 1 aromatic heterocycles. The van der Waals surface area contributed by atoms with Gasteiger partial charge in [-0.05, 0) is 24.1 Å². The maximum Gasteiger partial charge on any atom is 0.325 e. The molecule has 4 rings (SSSR count). The van der Waals surface area contributed by atoms with Crippen molar-refractivity contribution in [2.24, 2.45) is 0 Å². The lowest BCUT2D eigenvalue weighted by molar-refractivity contribution is -0.132. The van der Waals surface area contributed by atoms with Crippen LogP contribution in [0.3, 0.4) is 0 Å². The van der Waals surface area contributed by atoms with Crippen LogP contribution in [0.25, 0.3) is 11.5 Å². The van der Waals surface area contributed by atoms with Crippen LogP contribution in [0, 0.1) is 0 Å². The molecule has 142 valence electrons. The molecule has 7 nitrogen and oxygen atoms in total. The van der Waals surface area contributed by atoms with E-state index in [1.165, 1.54) is 0 Å². The van der Waals surface area contributed by atoms with Gasteiger partial charge in [0.1, 0.15) is 12.1 Å². The Bertz CT molecular complexity index is 1040. The first kappa shape index (κ1) is 18.2. The highest BCUT2D eigenvalue weighted by Crippen LogP contribution is 2.33. The molecule has 8 heteroatoms. The largest absolute Gasteiger partial charge is 0.419 e. The number of carbonyl (C=O) groups is 2. The first-order valence-electron chi connectivity index (χ1n) is 8.82. The monoisotopic (exact) mass is 396 g/mol. The Balaban J connectivity index is 1.60. The summed E-state index contributed by atoms with van der Waals surface area (Å²) in [6.45, 7) is 1.74. The van der Waals surface area contributed by atoms with E-state index in [2.05, 4.69) is 15.5 Å². The second-order valence-electron chi connectivity index (χ2n) is 6.43. The Hall–Kier alpha value is -3.19. The van der Waals surface area contributed by atoms with Crippen molar-refractivity contribution in [1.82, 2.24) is 20.4 Å². The van der Waals surface area contributed by atoms with Crippen molar-refractivity contribution in [2.75, 3.05) is 0 Å². The van der Waals surface area contributed by atoms with Crippen LogP contribution < -0.4 is 5.32 Å². The van der Waals surface area contributed by atoms with Crippen molar-refractivity contribution in [3.05, 3.63) is 71.1 Å². The third-order valence-corrected chi connectivity index (χ3v) is 5.17. The number of nitrogens with zero attached hydrogens (tertiary/aromatic N) is 3. The molecule has 1 unspecified atom stereocenters. The van der Waals surface area contributed by atoms with Gasteiger partial charge in [0.15, 0.2) is 0 Å². The zero-order valence-electron chi connectivity index (χ0n) is 15.1. The van der Waals surface area contributed by atoms with Crippen LogP contribution in [-0.4, -0.2) is 27.0 Å². The van der Waals surface area contributed by atoms with Crippen molar-refractivity contribution in [1.29, 1.82) is 0 Å². The molecule has 3 aromatic rings. The standard InChI is InChI=1S/C20H17ClN4O3/c1-2-20(13-8-4-3-5-9-13)18(26)25(19(27)22-20)12-16-23-24-17(28-16)14-10-6-7-11-15(14)21/h3-11H,2,12H2,1H3,(H,22,27). The topological polar surface area (TPSA) is 88.3 Å². The maximum atomic E-state index is 13.1.